The SMILES string of the molecule is CC(C)n1cc(-c2cc(-c3cc4ccccc4s3)c3[nH]ncc3c2)c2nc(N)ncc21. The van der Waals surface area contributed by atoms with Crippen LogP contribution < -0.4 is 5.73 Å². The average Bonchev–Trinajstić information content (AvgIpc) is 3.48. The minimum Gasteiger partial charge on any atom is -0.368 e. The highest BCUT2D eigenvalue weighted by Gasteiger charge is 2.18. The molecule has 0 aliphatic heterocycles. The maximum absolute atomic E-state index is 5.95. The first-order valence-corrected chi connectivity index (χ1v) is 11.0. The molecule has 0 unspecified atom stereocenters. The fraction of sp³-hybridized carbons (Fsp3) is 0.125. The molecule has 0 radical (unpaired) electrons. The zero-order valence-electron chi connectivity index (χ0n) is 17.1. The largest absolute Gasteiger partial charge is 0.368 e. The number of nitrogens with one attached hydrogen (secondary N) is 1. The van der Waals surface area contributed by atoms with Crippen molar-refractivity contribution in [1.82, 2.24) is 24.7 Å². The van der Waals surface area contributed by atoms with Crippen LogP contribution in [0.25, 0.3) is 53.6 Å². The van der Waals surface area contributed by atoms with E-state index in [1.807, 2.05) is 12.4 Å². The van der Waals surface area contributed by atoms with Crippen molar-refractivity contribution in [2.24, 2.45) is 0 Å². The Morgan fingerprint density at radius 3 is 2.74 bits per heavy atom. The number of thiophene rings is 1. The van der Waals surface area contributed by atoms with Crippen LogP contribution >= 0.6 is 11.3 Å². The second kappa shape index (κ2) is 6.65. The van der Waals surface area contributed by atoms with Gasteiger partial charge in [0.15, 0.2) is 0 Å². The third kappa shape index (κ3) is 2.81. The van der Waals surface area contributed by atoms with Gasteiger partial charge in [-0.2, -0.15) is 5.10 Å². The first-order chi connectivity index (χ1) is 15.1. The molecular weight excluding hydrogens is 404 g/mol. The van der Waals surface area contributed by atoms with Gasteiger partial charge in [-0.15, -0.1) is 11.3 Å². The summed E-state index contributed by atoms with van der Waals surface area (Å²) in [5.74, 6) is 0.282. The smallest absolute Gasteiger partial charge is 0.220 e. The number of anilines is 1. The highest BCUT2D eigenvalue weighted by Crippen LogP contribution is 2.40. The quantitative estimate of drug-likeness (QED) is 0.364. The van der Waals surface area contributed by atoms with E-state index >= 15 is 0 Å². The summed E-state index contributed by atoms with van der Waals surface area (Å²) >= 11 is 1.79. The molecule has 0 spiro atoms. The van der Waals surface area contributed by atoms with Crippen LogP contribution in [0.2, 0.25) is 0 Å². The molecule has 0 bridgehead atoms. The van der Waals surface area contributed by atoms with Gasteiger partial charge >= 0.3 is 0 Å². The predicted molar refractivity (Wildman–Crippen MR) is 128 cm³/mol. The van der Waals surface area contributed by atoms with E-state index in [4.69, 9.17) is 5.73 Å². The Kier molecular flexibility index (Phi) is 3.88. The van der Waals surface area contributed by atoms with Crippen molar-refractivity contribution in [3.05, 3.63) is 61.1 Å². The Morgan fingerprint density at radius 1 is 1.03 bits per heavy atom. The van der Waals surface area contributed by atoms with E-state index in [-0.39, 0.29) is 12.0 Å². The molecule has 6 nitrogen and oxygen atoms in total. The van der Waals surface area contributed by atoms with Gasteiger partial charge in [0.2, 0.25) is 5.95 Å². The summed E-state index contributed by atoms with van der Waals surface area (Å²) in [5.41, 5.74) is 12.1. The Bertz CT molecular complexity index is 1550. The molecule has 0 saturated carbocycles. The second-order valence-corrected chi connectivity index (χ2v) is 9.10. The number of aromatic nitrogens is 5. The van der Waals surface area contributed by atoms with Crippen LogP contribution in [0.4, 0.5) is 5.95 Å². The van der Waals surface area contributed by atoms with Gasteiger partial charge in [0.1, 0.15) is 5.52 Å². The number of nitrogens with zero attached hydrogens (tertiary/aromatic N) is 4. The van der Waals surface area contributed by atoms with Crippen LogP contribution in [0.3, 0.4) is 0 Å². The lowest BCUT2D eigenvalue weighted by atomic mass is 10.0. The molecule has 6 rings (SSSR count). The zero-order valence-corrected chi connectivity index (χ0v) is 17.9. The van der Waals surface area contributed by atoms with Crippen LogP contribution in [0.1, 0.15) is 19.9 Å². The summed E-state index contributed by atoms with van der Waals surface area (Å²) in [6.45, 7) is 4.31. The Morgan fingerprint density at radius 2 is 1.90 bits per heavy atom. The zero-order chi connectivity index (χ0) is 21.1. The van der Waals surface area contributed by atoms with Gasteiger partial charge in [0.05, 0.1) is 23.4 Å². The predicted octanol–water partition coefficient (Wildman–Crippen LogP) is 6.02. The summed E-state index contributed by atoms with van der Waals surface area (Å²) in [7, 11) is 0. The van der Waals surface area contributed by atoms with Gasteiger partial charge in [-0.25, -0.2) is 9.97 Å². The molecule has 7 heteroatoms. The van der Waals surface area contributed by atoms with Crippen molar-refractivity contribution >= 4 is 49.3 Å². The molecular formula is C24H20N6S. The van der Waals surface area contributed by atoms with Crippen LogP contribution in [0.5, 0.6) is 0 Å². The topological polar surface area (TPSA) is 85.4 Å². The third-order valence-electron chi connectivity index (χ3n) is 5.70. The van der Waals surface area contributed by atoms with Crippen LogP contribution in [-0.4, -0.2) is 24.7 Å². The molecule has 4 aromatic heterocycles. The molecule has 6 aromatic rings. The van der Waals surface area contributed by atoms with E-state index in [2.05, 4.69) is 87.2 Å². The van der Waals surface area contributed by atoms with Crippen molar-refractivity contribution in [3.63, 3.8) is 0 Å². The van der Waals surface area contributed by atoms with Crippen LogP contribution in [0.15, 0.2) is 61.1 Å². The van der Waals surface area contributed by atoms with E-state index in [1.54, 1.807) is 11.3 Å². The summed E-state index contributed by atoms with van der Waals surface area (Å²) in [6, 6.07) is 15.4. The number of hydrogen-bond donors (Lipinski definition) is 2. The summed E-state index contributed by atoms with van der Waals surface area (Å²) in [4.78, 5) is 10.0. The third-order valence-corrected chi connectivity index (χ3v) is 6.85. The fourth-order valence-electron chi connectivity index (χ4n) is 4.21. The first-order valence-electron chi connectivity index (χ1n) is 10.2. The highest BCUT2D eigenvalue weighted by atomic mass is 32.1. The van der Waals surface area contributed by atoms with Crippen LogP contribution in [0, 0.1) is 0 Å². The van der Waals surface area contributed by atoms with Gasteiger partial charge in [-0.1, -0.05) is 18.2 Å². The maximum Gasteiger partial charge on any atom is 0.220 e. The maximum atomic E-state index is 5.95. The fourth-order valence-corrected chi connectivity index (χ4v) is 5.29. The molecule has 0 fully saturated rings. The Labute approximate surface area is 182 Å². The van der Waals surface area contributed by atoms with Crippen molar-refractivity contribution in [3.8, 4) is 21.6 Å². The molecule has 31 heavy (non-hydrogen) atoms. The van der Waals surface area contributed by atoms with E-state index in [1.165, 1.54) is 15.0 Å². The van der Waals surface area contributed by atoms with Crippen molar-refractivity contribution < 1.29 is 0 Å². The molecule has 4 heterocycles. The standard InChI is InChI=1S/C24H20N6S/c1-13(2)30-12-18(23-19(30)11-26-24(25)28-23)15-7-16-10-27-29-22(16)17(8-15)21-9-14-5-3-4-6-20(14)31-21/h3-13H,1-2H3,(H,27,29)(H2,25,26,28). The molecule has 2 aromatic carbocycles. The number of benzene rings is 2. The van der Waals surface area contributed by atoms with Gasteiger partial charge < -0.3 is 10.3 Å². The molecule has 0 atom stereocenters. The monoisotopic (exact) mass is 424 g/mol. The number of fused-ring (bicyclic) bond motifs is 3. The molecule has 0 aliphatic rings. The molecule has 0 amide bonds. The van der Waals surface area contributed by atoms with Gasteiger partial charge in [0.25, 0.3) is 0 Å². The van der Waals surface area contributed by atoms with E-state index in [0.717, 1.165) is 38.6 Å². The molecule has 152 valence electrons. The lowest BCUT2D eigenvalue weighted by Gasteiger charge is -2.08. The molecule has 0 saturated heterocycles. The van der Waals surface area contributed by atoms with E-state index in [9.17, 15) is 0 Å². The number of hydrogen-bond acceptors (Lipinski definition) is 5. The normalized spacial score (nSPS) is 12.0. The lowest BCUT2D eigenvalue weighted by molar-refractivity contribution is 0.622. The number of aromatic amines is 1. The number of nitrogens with two attached hydrogens (primary N) is 1. The van der Waals surface area contributed by atoms with Crippen molar-refractivity contribution in [2.45, 2.75) is 19.9 Å². The van der Waals surface area contributed by atoms with E-state index < -0.39 is 0 Å². The van der Waals surface area contributed by atoms with Gasteiger partial charge in [0, 0.05) is 38.3 Å². The number of nitrogen functional groups attached to an aromatic ring is 1. The highest BCUT2D eigenvalue weighted by molar-refractivity contribution is 7.22. The minimum absolute atomic E-state index is 0.281. The van der Waals surface area contributed by atoms with E-state index in [0.29, 0.717) is 0 Å². The van der Waals surface area contributed by atoms with Crippen LogP contribution in [-0.2, 0) is 0 Å². The van der Waals surface area contributed by atoms with Gasteiger partial charge in [-0.05, 0) is 49.1 Å². The summed E-state index contributed by atoms with van der Waals surface area (Å²) in [6.07, 6.45) is 5.84. The second-order valence-electron chi connectivity index (χ2n) is 8.01. The van der Waals surface area contributed by atoms with Crippen molar-refractivity contribution in [2.75, 3.05) is 5.73 Å². The van der Waals surface area contributed by atoms with Gasteiger partial charge in [-0.3, -0.25) is 5.10 Å². The van der Waals surface area contributed by atoms with Crippen molar-refractivity contribution in [1.29, 1.82) is 0 Å². The first kappa shape index (κ1) is 18.1. The summed E-state index contributed by atoms with van der Waals surface area (Å²) in [5, 5.41) is 9.81. The molecule has 0 aliphatic carbocycles. The Hall–Kier alpha value is -3.71. The Balaban J connectivity index is 1.64. The number of rotatable bonds is 3. The minimum atomic E-state index is 0.281. The lowest BCUT2D eigenvalue weighted by Crippen LogP contribution is -2.00. The number of H-pyrrole nitrogens is 1. The average molecular weight is 425 g/mol. The summed E-state index contributed by atoms with van der Waals surface area (Å²) < 4.78 is 3.47. The molecule has 3 N–H and O–H groups in total.